The first-order chi connectivity index (χ1) is 9.33. The number of rotatable bonds is 7. The van der Waals surface area contributed by atoms with E-state index in [4.69, 9.17) is 10.5 Å². The summed E-state index contributed by atoms with van der Waals surface area (Å²) in [7, 11) is 1.72. The van der Waals surface area contributed by atoms with Crippen LogP contribution in [0.3, 0.4) is 0 Å². The molecule has 1 aromatic heterocycles. The van der Waals surface area contributed by atoms with Gasteiger partial charge in [0.2, 0.25) is 0 Å². The van der Waals surface area contributed by atoms with Gasteiger partial charge < -0.3 is 15.8 Å². The SMILES string of the molecule is COCC(CCCN)Nc1cnc2ccccc2c1. The molecule has 0 radical (unpaired) electrons. The summed E-state index contributed by atoms with van der Waals surface area (Å²) in [4.78, 5) is 4.45. The van der Waals surface area contributed by atoms with Crippen LogP contribution >= 0.6 is 0 Å². The smallest absolute Gasteiger partial charge is 0.0703 e. The summed E-state index contributed by atoms with van der Waals surface area (Å²) in [5.74, 6) is 0. The third kappa shape index (κ3) is 3.91. The molecule has 2 rings (SSSR count). The quantitative estimate of drug-likeness (QED) is 0.801. The highest BCUT2D eigenvalue weighted by atomic mass is 16.5. The first kappa shape index (κ1) is 13.8. The Labute approximate surface area is 114 Å². The molecule has 1 atom stereocenters. The van der Waals surface area contributed by atoms with Crippen LogP contribution in [0.2, 0.25) is 0 Å². The van der Waals surface area contributed by atoms with E-state index >= 15 is 0 Å². The number of anilines is 1. The number of nitrogens with one attached hydrogen (secondary N) is 1. The van der Waals surface area contributed by atoms with Gasteiger partial charge in [-0.1, -0.05) is 18.2 Å². The normalized spacial score (nSPS) is 12.5. The molecule has 19 heavy (non-hydrogen) atoms. The van der Waals surface area contributed by atoms with Crippen LogP contribution in [-0.2, 0) is 4.74 Å². The van der Waals surface area contributed by atoms with Crippen molar-refractivity contribution in [1.82, 2.24) is 4.98 Å². The molecule has 0 saturated carbocycles. The van der Waals surface area contributed by atoms with Gasteiger partial charge in [-0.3, -0.25) is 4.98 Å². The summed E-state index contributed by atoms with van der Waals surface area (Å²) in [6, 6.07) is 10.5. The van der Waals surface area contributed by atoms with Crippen molar-refractivity contribution < 1.29 is 4.74 Å². The van der Waals surface area contributed by atoms with Crippen LogP contribution in [0.15, 0.2) is 36.5 Å². The lowest BCUT2D eigenvalue weighted by Crippen LogP contribution is -2.25. The summed E-state index contributed by atoms with van der Waals surface area (Å²) in [5, 5.41) is 4.61. The van der Waals surface area contributed by atoms with Gasteiger partial charge in [0, 0.05) is 18.5 Å². The van der Waals surface area contributed by atoms with E-state index in [9.17, 15) is 0 Å². The van der Waals surface area contributed by atoms with Crippen LogP contribution in [0.25, 0.3) is 10.9 Å². The summed E-state index contributed by atoms with van der Waals surface area (Å²) >= 11 is 0. The van der Waals surface area contributed by atoms with Gasteiger partial charge in [-0.05, 0) is 31.5 Å². The molecule has 102 valence electrons. The third-order valence-corrected chi connectivity index (χ3v) is 3.09. The number of fused-ring (bicyclic) bond motifs is 1. The standard InChI is InChI=1S/C15H21N3O/c1-19-11-13(6-4-8-16)18-14-9-12-5-2-3-7-15(12)17-10-14/h2-3,5,7,9-10,13,18H,4,6,8,11,16H2,1H3. The number of ether oxygens (including phenoxy) is 1. The van der Waals surface area contributed by atoms with Crippen LogP contribution in [-0.4, -0.2) is 31.3 Å². The summed E-state index contributed by atoms with van der Waals surface area (Å²) in [6.45, 7) is 1.38. The zero-order valence-corrected chi connectivity index (χ0v) is 11.3. The molecule has 0 amide bonds. The highest BCUT2D eigenvalue weighted by molar-refractivity contribution is 5.81. The van der Waals surface area contributed by atoms with Gasteiger partial charge in [0.1, 0.15) is 0 Å². The Balaban J connectivity index is 2.09. The number of pyridine rings is 1. The first-order valence-corrected chi connectivity index (χ1v) is 6.64. The second-order valence-electron chi connectivity index (χ2n) is 4.64. The van der Waals surface area contributed by atoms with Crippen molar-refractivity contribution in [3.05, 3.63) is 36.5 Å². The van der Waals surface area contributed by atoms with E-state index in [1.807, 2.05) is 24.4 Å². The van der Waals surface area contributed by atoms with Gasteiger partial charge in [-0.25, -0.2) is 0 Å². The average Bonchev–Trinajstić information content (AvgIpc) is 2.45. The van der Waals surface area contributed by atoms with E-state index in [1.165, 1.54) is 0 Å². The maximum absolute atomic E-state index is 5.56. The monoisotopic (exact) mass is 259 g/mol. The Hall–Kier alpha value is -1.65. The molecule has 1 aromatic carbocycles. The minimum Gasteiger partial charge on any atom is -0.383 e. The fourth-order valence-electron chi connectivity index (χ4n) is 2.15. The Kier molecular flexibility index (Phi) is 5.12. The Morgan fingerprint density at radius 1 is 1.37 bits per heavy atom. The van der Waals surface area contributed by atoms with Crippen LogP contribution in [0.4, 0.5) is 5.69 Å². The Bertz CT molecular complexity index is 515. The van der Waals surface area contributed by atoms with Crippen molar-refractivity contribution in [2.75, 3.05) is 25.6 Å². The molecule has 0 aliphatic rings. The molecule has 4 heteroatoms. The van der Waals surface area contributed by atoms with Crippen molar-refractivity contribution in [2.45, 2.75) is 18.9 Å². The molecule has 0 spiro atoms. The maximum Gasteiger partial charge on any atom is 0.0703 e. The average molecular weight is 259 g/mol. The fraction of sp³-hybridized carbons (Fsp3) is 0.400. The van der Waals surface area contributed by atoms with Gasteiger partial charge in [0.25, 0.3) is 0 Å². The third-order valence-electron chi connectivity index (χ3n) is 3.09. The van der Waals surface area contributed by atoms with Crippen molar-refractivity contribution in [2.24, 2.45) is 5.73 Å². The van der Waals surface area contributed by atoms with Crippen molar-refractivity contribution in [3.8, 4) is 0 Å². The predicted molar refractivity (Wildman–Crippen MR) is 79.3 cm³/mol. The zero-order valence-electron chi connectivity index (χ0n) is 11.3. The van der Waals surface area contributed by atoms with Crippen LogP contribution < -0.4 is 11.1 Å². The maximum atomic E-state index is 5.56. The molecule has 3 N–H and O–H groups in total. The molecular formula is C15H21N3O. The Morgan fingerprint density at radius 2 is 2.21 bits per heavy atom. The largest absolute Gasteiger partial charge is 0.383 e. The minimum atomic E-state index is 0.275. The lowest BCUT2D eigenvalue weighted by Gasteiger charge is -2.18. The van der Waals surface area contributed by atoms with Crippen LogP contribution in [0.1, 0.15) is 12.8 Å². The van der Waals surface area contributed by atoms with E-state index in [1.54, 1.807) is 7.11 Å². The van der Waals surface area contributed by atoms with E-state index < -0.39 is 0 Å². The number of nitrogens with two attached hydrogens (primary N) is 1. The van der Waals surface area contributed by atoms with Crippen molar-refractivity contribution >= 4 is 16.6 Å². The number of benzene rings is 1. The molecule has 0 bridgehead atoms. The molecule has 4 nitrogen and oxygen atoms in total. The second kappa shape index (κ2) is 7.07. The van der Waals surface area contributed by atoms with Gasteiger partial charge in [-0.2, -0.15) is 0 Å². The van der Waals surface area contributed by atoms with E-state index in [0.29, 0.717) is 13.2 Å². The molecule has 0 saturated heterocycles. The molecule has 1 unspecified atom stereocenters. The molecular weight excluding hydrogens is 238 g/mol. The molecule has 1 heterocycles. The van der Waals surface area contributed by atoms with Crippen molar-refractivity contribution in [3.63, 3.8) is 0 Å². The van der Waals surface area contributed by atoms with E-state index in [-0.39, 0.29) is 6.04 Å². The lowest BCUT2D eigenvalue weighted by molar-refractivity contribution is 0.182. The van der Waals surface area contributed by atoms with E-state index in [2.05, 4.69) is 22.4 Å². The number of nitrogens with zero attached hydrogens (tertiary/aromatic N) is 1. The predicted octanol–water partition coefficient (Wildman–Crippen LogP) is 2.40. The summed E-state index contributed by atoms with van der Waals surface area (Å²) in [5.41, 5.74) is 7.60. The first-order valence-electron chi connectivity index (χ1n) is 6.64. The van der Waals surface area contributed by atoms with Gasteiger partial charge in [-0.15, -0.1) is 0 Å². The van der Waals surface area contributed by atoms with Crippen molar-refractivity contribution in [1.29, 1.82) is 0 Å². The van der Waals surface area contributed by atoms with Gasteiger partial charge in [0.15, 0.2) is 0 Å². The zero-order chi connectivity index (χ0) is 13.5. The topological polar surface area (TPSA) is 60.2 Å². The number of para-hydroxylation sites is 1. The van der Waals surface area contributed by atoms with Gasteiger partial charge >= 0.3 is 0 Å². The fourth-order valence-corrected chi connectivity index (χ4v) is 2.15. The highest BCUT2D eigenvalue weighted by Crippen LogP contribution is 2.17. The number of hydrogen-bond donors (Lipinski definition) is 2. The summed E-state index contributed by atoms with van der Waals surface area (Å²) < 4.78 is 5.24. The van der Waals surface area contributed by atoms with Crippen LogP contribution in [0, 0.1) is 0 Å². The van der Waals surface area contributed by atoms with E-state index in [0.717, 1.165) is 29.4 Å². The second-order valence-corrected chi connectivity index (χ2v) is 4.64. The van der Waals surface area contributed by atoms with Crippen LogP contribution in [0.5, 0.6) is 0 Å². The van der Waals surface area contributed by atoms with Gasteiger partial charge in [0.05, 0.1) is 24.0 Å². The number of methoxy groups -OCH3 is 1. The lowest BCUT2D eigenvalue weighted by atomic mass is 10.1. The molecule has 0 aliphatic carbocycles. The minimum absolute atomic E-state index is 0.275. The number of hydrogen-bond acceptors (Lipinski definition) is 4. The highest BCUT2D eigenvalue weighted by Gasteiger charge is 2.08. The Morgan fingerprint density at radius 3 is 3.00 bits per heavy atom. The number of aromatic nitrogens is 1. The summed E-state index contributed by atoms with van der Waals surface area (Å²) in [6.07, 6.45) is 3.85. The molecule has 0 aliphatic heterocycles. The molecule has 2 aromatic rings. The molecule has 0 fully saturated rings.